The predicted molar refractivity (Wildman–Crippen MR) is 114 cm³/mol. The number of hydrogen-bond donors (Lipinski definition) is 2. The van der Waals surface area contributed by atoms with Crippen molar-refractivity contribution in [1.29, 1.82) is 0 Å². The van der Waals surface area contributed by atoms with Crippen LogP contribution in [0, 0.1) is 13.8 Å². The summed E-state index contributed by atoms with van der Waals surface area (Å²) in [6, 6.07) is 7.55. The second-order valence-electron chi connectivity index (χ2n) is 6.46. The van der Waals surface area contributed by atoms with Gasteiger partial charge in [0.15, 0.2) is 0 Å². The quantitative estimate of drug-likeness (QED) is 0.695. The number of nitrogens with one attached hydrogen (secondary N) is 2. The molecule has 0 aliphatic rings. The van der Waals surface area contributed by atoms with Crippen LogP contribution in [0.15, 0.2) is 35.2 Å². The molecule has 0 aliphatic heterocycles. The molecule has 0 aromatic heterocycles. The maximum absolute atomic E-state index is 12.8. The number of halogens is 2. The van der Waals surface area contributed by atoms with Gasteiger partial charge < -0.3 is 10.2 Å². The molecular weight excluding hydrogens is 437 g/mol. The first-order valence-corrected chi connectivity index (χ1v) is 10.8. The van der Waals surface area contributed by atoms with Crippen LogP contribution in [0.5, 0.6) is 0 Å². The number of rotatable bonds is 6. The van der Waals surface area contributed by atoms with Crippen molar-refractivity contribution in [2.75, 3.05) is 26.0 Å². The lowest BCUT2D eigenvalue weighted by molar-refractivity contribution is -0.116. The van der Waals surface area contributed by atoms with Gasteiger partial charge in [-0.2, -0.15) is 0 Å². The van der Waals surface area contributed by atoms with Crippen LogP contribution >= 0.6 is 23.2 Å². The fraction of sp³-hybridized carbons (Fsp3) is 0.263. The van der Waals surface area contributed by atoms with E-state index in [-0.39, 0.29) is 17.0 Å². The molecular formula is C19H21Cl2N3O4S. The van der Waals surface area contributed by atoms with Gasteiger partial charge >= 0.3 is 0 Å². The SMILES string of the molecule is CNS(=O)(=O)c1cc(C(=O)N(C)CC(=O)Nc2ccc(Cl)c(Cl)c2)cc(C)c1C. The lowest BCUT2D eigenvalue weighted by Gasteiger charge is -2.19. The third kappa shape index (κ3) is 5.48. The van der Waals surface area contributed by atoms with Gasteiger partial charge in [0.05, 0.1) is 21.5 Å². The zero-order valence-electron chi connectivity index (χ0n) is 16.3. The number of anilines is 1. The fourth-order valence-electron chi connectivity index (χ4n) is 2.62. The van der Waals surface area contributed by atoms with E-state index in [2.05, 4.69) is 10.0 Å². The summed E-state index contributed by atoms with van der Waals surface area (Å²) in [5.41, 5.74) is 1.82. The average molecular weight is 458 g/mol. The normalized spacial score (nSPS) is 11.2. The summed E-state index contributed by atoms with van der Waals surface area (Å²) < 4.78 is 26.7. The third-order valence-corrected chi connectivity index (χ3v) is 6.64. The predicted octanol–water partition coefficient (Wildman–Crippen LogP) is 3.23. The topological polar surface area (TPSA) is 95.6 Å². The van der Waals surface area contributed by atoms with E-state index in [0.29, 0.717) is 26.9 Å². The van der Waals surface area contributed by atoms with Gasteiger partial charge in [0.2, 0.25) is 15.9 Å². The van der Waals surface area contributed by atoms with Crippen molar-refractivity contribution >= 4 is 50.7 Å². The number of aryl methyl sites for hydroxylation is 1. The minimum absolute atomic E-state index is 0.0250. The lowest BCUT2D eigenvalue weighted by Crippen LogP contribution is -2.35. The molecule has 0 aliphatic carbocycles. The molecule has 0 radical (unpaired) electrons. The summed E-state index contributed by atoms with van der Waals surface area (Å²) in [6.07, 6.45) is 0. The highest BCUT2D eigenvalue weighted by molar-refractivity contribution is 7.89. The first-order chi connectivity index (χ1) is 13.5. The Kier molecular flexibility index (Phi) is 7.29. The first-order valence-electron chi connectivity index (χ1n) is 8.51. The summed E-state index contributed by atoms with van der Waals surface area (Å²) in [6.45, 7) is 3.15. The standard InChI is InChI=1S/C19H21Cl2N3O4S/c1-11-7-13(8-17(12(11)2)29(27,28)22-3)19(26)24(4)10-18(25)23-14-5-6-15(20)16(21)9-14/h5-9,22H,10H2,1-4H3,(H,23,25). The van der Waals surface area contributed by atoms with E-state index in [1.807, 2.05) is 0 Å². The van der Waals surface area contributed by atoms with Crippen molar-refractivity contribution < 1.29 is 18.0 Å². The molecule has 156 valence electrons. The Balaban J connectivity index is 2.19. The summed E-state index contributed by atoms with van der Waals surface area (Å²) in [4.78, 5) is 26.2. The Bertz CT molecular complexity index is 1070. The number of carbonyl (C=O) groups excluding carboxylic acids is 2. The molecule has 7 nitrogen and oxygen atoms in total. The Morgan fingerprint density at radius 2 is 1.72 bits per heavy atom. The van der Waals surface area contributed by atoms with Crippen LogP contribution in [0.1, 0.15) is 21.5 Å². The Hall–Kier alpha value is -2.13. The monoisotopic (exact) mass is 457 g/mol. The van der Waals surface area contributed by atoms with Gasteiger partial charge in [0.1, 0.15) is 0 Å². The molecule has 0 heterocycles. The molecule has 2 amide bonds. The first kappa shape index (κ1) is 23.2. The van der Waals surface area contributed by atoms with E-state index >= 15 is 0 Å². The number of likely N-dealkylation sites (N-methyl/N-ethyl adjacent to an activating group) is 1. The van der Waals surface area contributed by atoms with Crippen molar-refractivity contribution in [2.24, 2.45) is 0 Å². The zero-order chi connectivity index (χ0) is 21.9. The van der Waals surface area contributed by atoms with Crippen LogP contribution in [-0.4, -0.2) is 45.8 Å². The highest BCUT2D eigenvalue weighted by atomic mass is 35.5. The minimum atomic E-state index is -3.73. The zero-order valence-corrected chi connectivity index (χ0v) is 18.7. The van der Waals surface area contributed by atoms with E-state index in [1.54, 1.807) is 32.0 Å². The molecule has 2 aromatic rings. The van der Waals surface area contributed by atoms with Crippen molar-refractivity contribution in [3.05, 3.63) is 57.1 Å². The van der Waals surface area contributed by atoms with Crippen LogP contribution in [0.4, 0.5) is 5.69 Å². The number of hydrogen-bond acceptors (Lipinski definition) is 4. The van der Waals surface area contributed by atoms with Gasteiger partial charge in [-0.25, -0.2) is 13.1 Å². The molecule has 0 saturated heterocycles. The molecule has 29 heavy (non-hydrogen) atoms. The maximum atomic E-state index is 12.8. The number of benzene rings is 2. The molecule has 0 saturated carbocycles. The second-order valence-corrected chi connectivity index (χ2v) is 9.13. The highest BCUT2D eigenvalue weighted by Crippen LogP contribution is 2.25. The van der Waals surface area contributed by atoms with E-state index in [0.717, 1.165) is 0 Å². The van der Waals surface area contributed by atoms with Gasteiger partial charge in [-0.05, 0) is 62.4 Å². The summed E-state index contributed by atoms with van der Waals surface area (Å²) in [7, 11) is -0.968. The minimum Gasteiger partial charge on any atom is -0.332 e. The highest BCUT2D eigenvalue weighted by Gasteiger charge is 2.22. The number of carbonyl (C=O) groups is 2. The van der Waals surface area contributed by atoms with Gasteiger partial charge in [0.25, 0.3) is 5.91 Å². The number of nitrogens with zero attached hydrogens (tertiary/aromatic N) is 1. The van der Waals surface area contributed by atoms with Gasteiger partial charge in [-0.1, -0.05) is 23.2 Å². The Morgan fingerprint density at radius 1 is 1.07 bits per heavy atom. The van der Waals surface area contributed by atoms with Gasteiger partial charge in [-0.3, -0.25) is 9.59 Å². The van der Waals surface area contributed by atoms with Gasteiger partial charge in [0, 0.05) is 18.3 Å². The van der Waals surface area contributed by atoms with Crippen LogP contribution in [0.25, 0.3) is 0 Å². The molecule has 10 heteroatoms. The summed E-state index contributed by atoms with van der Waals surface area (Å²) in [5, 5.41) is 3.28. The van der Waals surface area contributed by atoms with E-state index in [4.69, 9.17) is 23.2 Å². The van der Waals surface area contributed by atoms with Crippen LogP contribution in [0.2, 0.25) is 10.0 Å². The second kappa shape index (κ2) is 9.13. The molecule has 0 unspecified atom stereocenters. The van der Waals surface area contributed by atoms with E-state index < -0.39 is 21.8 Å². The molecule has 0 fully saturated rings. The fourth-order valence-corrected chi connectivity index (χ4v) is 3.99. The van der Waals surface area contributed by atoms with Crippen molar-refractivity contribution in [2.45, 2.75) is 18.7 Å². The third-order valence-electron chi connectivity index (χ3n) is 4.36. The number of sulfonamides is 1. The lowest BCUT2D eigenvalue weighted by atomic mass is 10.1. The molecule has 2 rings (SSSR count). The van der Waals surface area contributed by atoms with Crippen molar-refractivity contribution in [3.8, 4) is 0 Å². The van der Waals surface area contributed by atoms with Crippen LogP contribution in [0.3, 0.4) is 0 Å². The molecule has 0 bridgehead atoms. The average Bonchev–Trinajstić information content (AvgIpc) is 2.65. The molecule has 0 spiro atoms. The van der Waals surface area contributed by atoms with Crippen molar-refractivity contribution in [1.82, 2.24) is 9.62 Å². The molecule has 2 N–H and O–H groups in total. The Labute approximate surface area is 180 Å². The molecule has 2 aromatic carbocycles. The summed E-state index contributed by atoms with van der Waals surface area (Å²) >= 11 is 11.8. The van der Waals surface area contributed by atoms with Gasteiger partial charge in [-0.15, -0.1) is 0 Å². The van der Waals surface area contributed by atoms with Crippen LogP contribution < -0.4 is 10.0 Å². The summed E-state index contributed by atoms with van der Waals surface area (Å²) in [5.74, 6) is -0.920. The largest absolute Gasteiger partial charge is 0.332 e. The maximum Gasteiger partial charge on any atom is 0.254 e. The van der Waals surface area contributed by atoms with Crippen LogP contribution in [-0.2, 0) is 14.8 Å². The molecule has 0 atom stereocenters. The van der Waals surface area contributed by atoms with E-state index in [9.17, 15) is 18.0 Å². The Morgan fingerprint density at radius 3 is 2.31 bits per heavy atom. The van der Waals surface area contributed by atoms with Crippen molar-refractivity contribution in [3.63, 3.8) is 0 Å². The number of amides is 2. The smallest absolute Gasteiger partial charge is 0.254 e. The van der Waals surface area contributed by atoms with E-state index in [1.165, 1.54) is 31.1 Å².